The Balaban J connectivity index is 1.73. The molecule has 1 saturated heterocycles. The Hall–Kier alpha value is -1.35. The maximum absolute atomic E-state index is 12.4. The lowest BCUT2D eigenvalue weighted by Crippen LogP contribution is -2.56. The molecule has 1 aromatic heterocycles. The Labute approximate surface area is 177 Å². The van der Waals surface area contributed by atoms with Crippen LogP contribution in [0.15, 0.2) is 10.5 Å². The molecule has 2 aliphatic rings. The van der Waals surface area contributed by atoms with Crippen molar-refractivity contribution in [1.29, 1.82) is 0 Å². The van der Waals surface area contributed by atoms with E-state index in [1.807, 2.05) is 50.4 Å². The molecule has 3 rings (SSSR count). The zero-order chi connectivity index (χ0) is 20.7. The third-order valence-corrected chi connectivity index (χ3v) is 4.99. The smallest absolute Gasteiger partial charge is 0.410 e. The van der Waals surface area contributed by atoms with E-state index in [4.69, 9.17) is 19.2 Å². The van der Waals surface area contributed by atoms with Crippen LogP contribution < -0.4 is 9.47 Å². The number of carbonyl (C=O) groups is 1. The van der Waals surface area contributed by atoms with Gasteiger partial charge in [-0.15, -0.1) is 0 Å². The number of hydrogen-bond acceptors (Lipinski definition) is 6. The Morgan fingerprint density at radius 3 is 2.68 bits per heavy atom. The van der Waals surface area contributed by atoms with Crippen LogP contribution in [0, 0.1) is 0 Å². The number of ether oxygens (including phenoxy) is 3. The lowest BCUT2D eigenvalue weighted by molar-refractivity contribution is -0.00164. The summed E-state index contributed by atoms with van der Waals surface area (Å²) in [6.45, 7) is 8.77. The minimum atomic E-state index is -0.496. The fourth-order valence-electron chi connectivity index (χ4n) is 3.22. The zero-order valence-corrected chi connectivity index (χ0v) is 19.1. The number of carbonyl (C=O) groups excluding carboxylic acids is 1. The fraction of sp³-hybridized carbons (Fsp3) is 0.647. The summed E-state index contributed by atoms with van der Waals surface area (Å²) in [6, 6.07) is 2.02. The first-order chi connectivity index (χ1) is 12.9. The molecule has 28 heavy (non-hydrogen) atoms. The van der Waals surface area contributed by atoms with E-state index in [0.29, 0.717) is 32.1 Å². The van der Waals surface area contributed by atoms with Gasteiger partial charge in [-0.05, 0) is 36.7 Å². The van der Waals surface area contributed by atoms with E-state index in [9.17, 15) is 4.79 Å². The number of aromatic nitrogens is 1. The molecule has 0 bridgehead atoms. The Morgan fingerprint density at radius 1 is 1.32 bits per heavy atom. The Kier molecular flexibility index (Phi) is 5.97. The second kappa shape index (κ2) is 7.82. The van der Waals surface area contributed by atoms with Crippen molar-refractivity contribution < 1.29 is 19.0 Å². The van der Waals surface area contributed by atoms with Crippen molar-refractivity contribution >= 4 is 45.6 Å². The predicted octanol–water partition coefficient (Wildman–Crippen LogP) is -0.453. The van der Waals surface area contributed by atoms with Crippen LogP contribution in [0.25, 0.3) is 0 Å². The van der Waals surface area contributed by atoms with Gasteiger partial charge >= 0.3 is 6.09 Å². The van der Waals surface area contributed by atoms with Crippen molar-refractivity contribution in [2.24, 2.45) is 0 Å². The quantitative estimate of drug-likeness (QED) is 0.570. The topological polar surface area (TPSA) is 64.1 Å². The van der Waals surface area contributed by atoms with Gasteiger partial charge in [0.25, 0.3) is 0 Å². The zero-order valence-electron chi connectivity index (χ0n) is 17.5. The Morgan fingerprint density at radius 2 is 2.04 bits per heavy atom. The standard InChI is InChI=1S/C17H27B3BrN3O4/c1-16(2,3)28-15(25)24-5-4-23-8-12-13(26-9-10(23)7-24)6-11(21)14(22-12)27-17(18,19)20/h6,10H,4-5,7-9,18-20H2,1-3H3/t10-/m1/s1. The molecule has 0 aromatic carbocycles. The minimum absolute atomic E-state index is 0.0984. The number of halogens is 1. The normalized spacial score (nSPS) is 20.4. The molecular formula is C17H27B3BrN3O4. The highest BCUT2D eigenvalue weighted by molar-refractivity contribution is 9.10. The molecule has 1 amide bonds. The second-order valence-corrected chi connectivity index (χ2v) is 10.2. The molecule has 0 spiro atoms. The van der Waals surface area contributed by atoms with Crippen LogP contribution >= 0.6 is 15.9 Å². The fourth-order valence-corrected chi connectivity index (χ4v) is 3.60. The summed E-state index contributed by atoms with van der Waals surface area (Å²) in [5.41, 5.74) is 0.361. The number of hydrogen-bond donors (Lipinski definition) is 0. The van der Waals surface area contributed by atoms with Gasteiger partial charge in [-0.3, -0.25) is 4.90 Å². The molecular weight excluding hydrogens is 423 g/mol. The van der Waals surface area contributed by atoms with Crippen LogP contribution in [0.3, 0.4) is 0 Å². The summed E-state index contributed by atoms with van der Waals surface area (Å²) < 4.78 is 18.3. The summed E-state index contributed by atoms with van der Waals surface area (Å²) in [5.74, 6) is 1.33. The highest BCUT2D eigenvalue weighted by Gasteiger charge is 2.35. The number of nitrogens with zero attached hydrogens (tertiary/aromatic N) is 3. The first-order valence-corrected chi connectivity index (χ1v) is 10.4. The molecule has 7 nitrogen and oxygen atoms in total. The van der Waals surface area contributed by atoms with Crippen LogP contribution in [0.5, 0.6) is 11.6 Å². The van der Waals surface area contributed by atoms with Crippen molar-refractivity contribution in [2.75, 3.05) is 26.2 Å². The van der Waals surface area contributed by atoms with E-state index in [2.05, 4.69) is 20.8 Å². The Bertz CT molecular complexity index is 754. The molecule has 150 valence electrons. The SMILES string of the molecule is BC(B)(B)Oc1nc2c(cc1Br)OC[C@H]1CN(C(=O)OC(C)(C)C)CCN1C2. The minimum Gasteiger partial charge on any atom is -0.498 e. The maximum Gasteiger partial charge on any atom is 0.410 e. The van der Waals surface area contributed by atoms with Gasteiger partial charge in [-0.25, -0.2) is 9.78 Å². The van der Waals surface area contributed by atoms with Crippen LogP contribution in [0.4, 0.5) is 4.79 Å². The summed E-state index contributed by atoms with van der Waals surface area (Å²) in [4.78, 5) is 21.2. The van der Waals surface area contributed by atoms with Gasteiger partial charge in [0.1, 0.15) is 47.2 Å². The van der Waals surface area contributed by atoms with Gasteiger partial charge in [0.15, 0.2) is 0 Å². The third-order valence-electron chi connectivity index (χ3n) is 4.43. The van der Waals surface area contributed by atoms with Crippen molar-refractivity contribution in [2.45, 2.75) is 44.3 Å². The molecule has 0 unspecified atom stereocenters. The molecule has 0 N–H and O–H groups in total. The lowest BCUT2D eigenvalue weighted by Gasteiger charge is -2.40. The van der Waals surface area contributed by atoms with Gasteiger partial charge in [0.05, 0.1) is 10.5 Å². The summed E-state index contributed by atoms with van der Waals surface area (Å²) >= 11 is 3.54. The molecule has 1 atom stereocenters. The van der Waals surface area contributed by atoms with E-state index in [1.165, 1.54) is 0 Å². The predicted molar refractivity (Wildman–Crippen MR) is 118 cm³/mol. The van der Waals surface area contributed by atoms with E-state index >= 15 is 0 Å². The first kappa shape index (κ1) is 21.4. The second-order valence-electron chi connectivity index (χ2n) is 9.30. The molecule has 1 fully saturated rings. The lowest BCUT2D eigenvalue weighted by atomic mass is 9.52. The van der Waals surface area contributed by atoms with E-state index in [0.717, 1.165) is 22.5 Å². The summed E-state index contributed by atoms with van der Waals surface area (Å²) in [5, 5.41) is -0.336. The number of piperazine rings is 1. The van der Waals surface area contributed by atoms with Gasteiger partial charge in [-0.2, -0.15) is 0 Å². The molecule has 2 aliphatic heterocycles. The van der Waals surface area contributed by atoms with Crippen molar-refractivity contribution in [1.82, 2.24) is 14.8 Å². The monoisotopic (exact) mass is 449 g/mol. The molecule has 3 heterocycles. The summed E-state index contributed by atoms with van der Waals surface area (Å²) in [6.07, 6.45) is -0.268. The van der Waals surface area contributed by atoms with E-state index < -0.39 is 5.60 Å². The average Bonchev–Trinajstić information content (AvgIpc) is 2.71. The number of fused-ring (bicyclic) bond motifs is 2. The van der Waals surface area contributed by atoms with Gasteiger partial charge < -0.3 is 19.1 Å². The maximum atomic E-state index is 12.4. The highest BCUT2D eigenvalue weighted by atomic mass is 79.9. The molecule has 0 saturated carbocycles. The van der Waals surface area contributed by atoms with Gasteiger partial charge in [0.2, 0.25) is 5.88 Å². The number of amides is 1. The molecule has 1 aromatic rings. The van der Waals surface area contributed by atoms with Gasteiger partial charge in [0, 0.05) is 37.5 Å². The van der Waals surface area contributed by atoms with Crippen LogP contribution in [-0.4, -0.2) is 87.6 Å². The van der Waals surface area contributed by atoms with Crippen LogP contribution in [-0.2, 0) is 11.3 Å². The first-order valence-electron chi connectivity index (χ1n) is 9.64. The summed E-state index contributed by atoms with van der Waals surface area (Å²) in [7, 11) is 5.99. The van der Waals surface area contributed by atoms with Crippen molar-refractivity contribution in [3.05, 3.63) is 16.2 Å². The van der Waals surface area contributed by atoms with Crippen LogP contribution in [0.2, 0.25) is 0 Å². The molecule has 0 radical (unpaired) electrons. The number of rotatable bonds is 2. The number of pyridine rings is 1. The molecule has 11 heteroatoms. The van der Waals surface area contributed by atoms with Crippen LogP contribution in [0.1, 0.15) is 26.5 Å². The van der Waals surface area contributed by atoms with E-state index in [1.54, 1.807) is 4.90 Å². The van der Waals surface area contributed by atoms with Gasteiger partial charge in [-0.1, -0.05) is 0 Å². The molecule has 0 aliphatic carbocycles. The third kappa shape index (κ3) is 5.38. The van der Waals surface area contributed by atoms with E-state index in [-0.39, 0.29) is 17.4 Å². The average molecular weight is 450 g/mol. The van der Waals surface area contributed by atoms with Crippen molar-refractivity contribution in [3.8, 4) is 11.6 Å². The largest absolute Gasteiger partial charge is 0.498 e. The van der Waals surface area contributed by atoms with Crippen molar-refractivity contribution in [3.63, 3.8) is 0 Å². The highest BCUT2D eigenvalue weighted by Crippen LogP contribution is 2.34.